The zero-order valence-corrected chi connectivity index (χ0v) is 17.0. The van der Waals surface area contributed by atoms with Gasteiger partial charge >= 0.3 is 5.97 Å². The summed E-state index contributed by atoms with van der Waals surface area (Å²) >= 11 is 0. The Hall–Kier alpha value is -2.28. The van der Waals surface area contributed by atoms with Crippen molar-refractivity contribution in [2.24, 2.45) is 11.5 Å². The van der Waals surface area contributed by atoms with Crippen LogP contribution in [-0.4, -0.2) is 39.4 Å². The third kappa shape index (κ3) is 7.03. The van der Waals surface area contributed by atoms with Gasteiger partial charge < -0.3 is 25.7 Å². The van der Waals surface area contributed by atoms with E-state index >= 15 is 0 Å². The number of hydrogen-bond donors (Lipinski definition) is 2. The predicted molar refractivity (Wildman–Crippen MR) is 112 cm³/mol. The molecule has 0 saturated carbocycles. The summed E-state index contributed by atoms with van der Waals surface area (Å²) in [6.45, 7) is 2.21. The minimum atomic E-state index is -0.564. The summed E-state index contributed by atoms with van der Waals surface area (Å²) in [7, 11) is 1.39. The number of ether oxygens (including phenoxy) is 3. The van der Waals surface area contributed by atoms with Gasteiger partial charge in [-0.15, -0.1) is 12.4 Å². The van der Waals surface area contributed by atoms with Crippen LogP contribution in [0.4, 0.5) is 0 Å². The number of benzene rings is 2. The third-order valence-corrected chi connectivity index (χ3v) is 4.05. The topological polar surface area (TPSA) is 96.8 Å². The second-order valence-corrected chi connectivity index (χ2v) is 6.08. The molecule has 0 radical (unpaired) electrons. The van der Waals surface area contributed by atoms with Gasteiger partial charge in [0.15, 0.2) is 0 Å². The quantitative estimate of drug-likeness (QED) is 0.438. The molecule has 2 aromatic rings. The van der Waals surface area contributed by atoms with Gasteiger partial charge in [0.25, 0.3) is 0 Å². The van der Waals surface area contributed by atoms with Crippen molar-refractivity contribution in [2.45, 2.75) is 18.8 Å². The first-order valence-electron chi connectivity index (χ1n) is 9.13. The fourth-order valence-corrected chi connectivity index (χ4v) is 2.70. The molecule has 0 aromatic heterocycles. The van der Waals surface area contributed by atoms with Gasteiger partial charge in [-0.25, -0.2) is 0 Å². The lowest BCUT2D eigenvalue weighted by Gasteiger charge is -2.18. The SMILES string of the molecule is COC(=O)C(c1cccc(OCCCN)c1)c1cccc(OCCCN)c1.Cl. The maximum atomic E-state index is 12.5. The molecule has 0 aliphatic carbocycles. The van der Waals surface area contributed by atoms with E-state index in [-0.39, 0.29) is 18.4 Å². The first kappa shape index (κ1) is 23.8. The lowest BCUT2D eigenvalue weighted by atomic mass is 9.91. The Bertz CT molecular complexity index is 674. The second-order valence-electron chi connectivity index (χ2n) is 6.08. The van der Waals surface area contributed by atoms with Crippen LogP contribution in [0.15, 0.2) is 48.5 Å². The van der Waals surface area contributed by atoms with Crippen molar-refractivity contribution in [3.05, 3.63) is 59.7 Å². The number of esters is 1. The lowest BCUT2D eigenvalue weighted by Crippen LogP contribution is -2.16. The van der Waals surface area contributed by atoms with Gasteiger partial charge in [-0.2, -0.15) is 0 Å². The van der Waals surface area contributed by atoms with Crippen molar-refractivity contribution >= 4 is 18.4 Å². The van der Waals surface area contributed by atoms with Gasteiger partial charge in [0.1, 0.15) is 17.4 Å². The van der Waals surface area contributed by atoms with Gasteiger partial charge in [0.05, 0.1) is 20.3 Å². The highest BCUT2D eigenvalue weighted by Gasteiger charge is 2.24. The summed E-state index contributed by atoms with van der Waals surface area (Å²) < 4.78 is 16.5. The number of methoxy groups -OCH3 is 1. The summed E-state index contributed by atoms with van der Waals surface area (Å²) in [6.07, 6.45) is 1.54. The van der Waals surface area contributed by atoms with E-state index in [9.17, 15) is 4.79 Å². The van der Waals surface area contributed by atoms with E-state index in [1.165, 1.54) is 7.11 Å². The molecule has 154 valence electrons. The van der Waals surface area contributed by atoms with Crippen LogP contribution >= 0.6 is 12.4 Å². The maximum absolute atomic E-state index is 12.5. The number of rotatable bonds is 11. The Morgan fingerprint density at radius 3 is 1.75 bits per heavy atom. The zero-order chi connectivity index (χ0) is 19.5. The standard InChI is InChI=1S/C21H28N2O4.ClH/c1-25-21(24)20(16-6-2-8-18(14-16)26-12-4-10-22)17-7-3-9-19(15-17)27-13-5-11-23;/h2-3,6-9,14-15,20H,4-5,10-13,22-23H2,1H3;1H. The highest BCUT2D eigenvalue weighted by molar-refractivity contribution is 5.85. The number of nitrogens with two attached hydrogens (primary N) is 2. The molecule has 28 heavy (non-hydrogen) atoms. The van der Waals surface area contributed by atoms with Crippen LogP contribution in [0.1, 0.15) is 29.9 Å². The molecule has 4 N–H and O–H groups in total. The minimum Gasteiger partial charge on any atom is -0.494 e. The molecule has 0 heterocycles. The third-order valence-electron chi connectivity index (χ3n) is 4.05. The molecule has 0 bridgehead atoms. The van der Waals surface area contributed by atoms with E-state index in [0.29, 0.717) is 37.8 Å². The Kier molecular flexibility index (Phi) is 11.0. The molecule has 0 saturated heterocycles. The highest BCUT2D eigenvalue weighted by Crippen LogP contribution is 2.30. The van der Waals surface area contributed by atoms with Crippen LogP contribution in [0.5, 0.6) is 11.5 Å². The van der Waals surface area contributed by atoms with Crippen LogP contribution in [-0.2, 0) is 9.53 Å². The fourth-order valence-electron chi connectivity index (χ4n) is 2.70. The summed E-state index contributed by atoms with van der Waals surface area (Å²) in [6, 6.07) is 15.0. The van der Waals surface area contributed by atoms with Crippen LogP contribution in [0.2, 0.25) is 0 Å². The van der Waals surface area contributed by atoms with E-state index in [4.69, 9.17) is 25.7 Å². The van der Waals surface area contributed by atoms with E-state index in [2.05, 4.69) is 0 Å². The maximum Gasteiger partial charge on any atom is 0.317 e. The minimum absolute atomic E-state index is 0. The molecule has 0 amide bonds. The fraction of sp³-hybridized carbons (Fsp3) is 0.381. The monoisotopic (exact) mass is 408 g/mol. The van der Waals surface area contributed by atoms with Crippen LogP contribution < -0.4 is 20.9 Å². The normalized spacial score (nSPS) is 10.3. The van der Waals surface area contributed by atoms with Crippen molar-refractivity contribution in [1.29, 1.82) is 0 Å². The molecule has 0 unspecified atom stereocenters. The molecule has 0 spiro atoms. The van der Waals surface area contributed by atoms with Gasteiger partial charge in [0, 0.05) is 0 Å². The molecule has 0 fully saturated rings. The Labute approximate surface area is 172 Å². The first-order chi connectivity index (χ1) is 13.2. The van der Waals surface area contributed by atoms with E-state index in [1.54, 1.807) is 0 Å². The average Bonchev–Trinajstić information content (AvgIpc) is 2.69. The molecule has 7 heteroatoms. The van der Waals surface area contributed by atoms with Crippen molar-refractivity contribution < 1.29 is 19.0 Å². The van der Waals surface area contributed by atoms with Crippen molar-refractivity contribution in [3.63, 3.8) is 0 Å². The summed E-state index contributed by atoms with van der Waals surface area (Å²) in [5.74, 6) is 0.495. The van der Waals surface area contributed by atoms with E-state index in [1.807, 2.05) is 48.5 Å². The lowest BCUT2D eigenvalue weighted by molar-refractivity contribution is -0.141. The largest absolute Gasteiger partial charge is 0.494 e. The summed E-state index contributed by atoms with van der Waals surface area (Å²) in [5.41, 5.74) is 12.6. The van der Waals surface area contributed by atoms with Gasteiger partial charge in [-0.1, -0.05) is 24.3 Å². The van der Waals surface area contributed by atoms with Crippen molar-refractivity contribution in [2.75, 3.05) is 33.4 Å². The Morgan fingerprint density at radius 2 is 1.36 bits per heavy atom. The average molecular weight is 409 g/mol. The van der Waals surface area contributed by atoms with E-state index < -0.39 is 5.92 Å². The number of hydrogen-bond acceptors (Lipinski definition) is 6. The molecule has 0 atom stereocenters. The van der Waals surface area contributed by atoms with Crippen LogP contribution in [0.25, 0.3) is 0 Å². The molecule has 0 aliphatic heterocycles. The summed E-state index contributed by atoms with van der Waals surface area (Å²) in [4.78, 5) is 12.5. The molecule has 0 aliphatic rings. The number of carbonyl (C=O) groups is 1. The van der Waals surface area contributed by atoms with Gasteiger partial charge in [0.2, 0.25) is 0 Å². The first-order valence-corrected chi connectivity index (χ1v) is 9.13. The van der Waals surface area contributed by atoms with Crippen LogP contribution in [0.3, 0.4) is 0 Å². The predicted octanol–water partition coefficient (Wildman–Crippen LogP) is 2.87. The Balaban J connectivity index is 0.00000392. The molecule has 6 nitrogen and oxygen atoms in total. The highest BCUT2D eigenvalue weighted by atomic mass is 35.5. The molecule has 2 aromatic carbocycles. The number of carbonyl (C=O) groups excluding carboxylic acids is 1. The van der Waals surface area contributed by atoms with Crippen LogP contribution in [0, 0.1) is 0 Å². The van der Waals surface area contributed by atoms with Crippen molar-refractivity contribution in [3.8, 4) is 11.5 Å². The van der Waals surface area contributed by atoms with E-state index in [0.717, 1.165) is 24.0 Å². The Morgan fingerprint density at radius 1 is 0.893 bits per heavy atom. The van der Waals surface area contributed by atoms with Crippen molar-refractivity contribution in [1.82, 2.24) is 0 Å². The van der Waals surface area contributed by atoms with Gasteiger partial charge in [-0.05, 0) is 61.3 Å². The second kappa shape index (κ2) is 13.0. The molecule has 2 rings (SSSR count). The molecular weight excluding hydrogens is 380 g/mol. The molecular formula is C21H29ClN2O4. The smallest absolute Gasteiger partial charge is 0.317 e. The summed E-state index contributed by atoms with van der Waals surface area (Å²) in [5, 5.41) is 0. The zero-order valence-electron chi connectivity index (χ0n) is 16.1. The van der Waals surface area contributed by atoms with Gasteiger partial charge in [-0.3, -0.25) is 4.79 Å². The number of halogens is 1.